The van der Waals surface area contributed by atoms with Crippen molar-refractivity contribution in [2.75, 3.05) is 0 Å². The maximum atomic E-state index is 3.75. The SMILES string of the molecule is [CH2]C1C=CC=CN1. The Kier molecular flexibility index (Phi) is 1.16. The van der Waals surface area contributed by atoms with Gasteiger partial charge in [0, 0.05) is 6.04 Å². The molecule has 1 aliphatic heterocycles. The molecule has 37 valence electrons. The number of allylic oxidation sites excluding steroid dienone is 2. The monoisotopic (exact) mass is 94.1 g/mol. The molecule has 1 rings (SSSR count). The molecule has 1 heterocycles. The zero-order valence-electron chi connectivity index (χ0n) is 4.09. The predicted molar refractivity (Wildman–Crippen MR) is 30.6 cm³/mol. The molecule has 1 atom stereocenters. The van der Waals surface area contributed by atoms with Gasteiger partial charge in [-0.2, -0.15) is 0 Å². The van der Waals surface area contributed by atoms with E-state index in [1.54, 1.807) is 0 Å². The van der Waals surface area contributed by atoms with Crippen molar-refractivity contribution < 1.29 is 0 Å². The van der Waals surface area contributed by atoms with Gasteiger partial charge in [0.15, 0.2) is 0 Å². The Morgan fingerprint density at radius 1 is 1.43 bits per heavy atom. The quantitative estimate of drug-likeness (QED) is 0.469. The minimum Gasteiger partial charge on any atom is -0.385 e. The van der Waals surface area contributed by atoms with Crippen LogP contribution in [0.4, 0.5) is 0 Å². The zero-order chi connectivity index (χ0) is 5.11. The lowest BCUT2D eigenvalue weighted by Crippen LogP contribution is -2.19. The van der Waals surface area contributed by atoms with E-state index in [1.165, 1.54) is 0 Å². The second-order valence-electron chi connectivity index (χ2n) is 1.52. The first-order chi connectivity index (χ1) is 3.39. The highest BCUT2D eigenvalue weighted by atomic mass is 14.9. The van der Waals surface area contributed by atoms with Crippen LogP contribution in [-0.2, 0) is 0 Å². The Labute approximate surface area is 43.7 Å². The molecule has 0 saturated heterocycles. The van der Waals surface area contributed by atoms with Crippen LogP contribution in [0.1, 0.15) is 0 Å². The minimum atomic E-state index is 0.269. The van der Waals surface area contributed by atoms with Gasteiger partial charge in [-0.25, -0.2) is 0 Å². The molecule has 0 saturated carbocycles. The van der Waals surface area contributed by atoms with Crippen molar-refractivity contribution >= 4 is 0 Å². The molecule has 0 fully saturated rings. The van der Waals surface area contributed by atoms with Gasteiger partial charge in [-0.1, -0.05) is 12.2 Å². The number of dihydropyridines is 1. The van der Waals surface area contributed by atoms with Gasteiger partial charge in [0.2, 0.25) is 0 Å². The van der Waals surface area contributed by atoms with Crippen LogP contribution in [0.15, 0.2) is 24.4 Å². The van der Waals surface area contributed by atoms with Crippen molar-refractivity contribution in [3.8, 4) is 0 Å². The van der Waals surface area contributed by atoms with Crippen molar-refractivity contribution in [1.82, 2.24) is 5.32 Å². The second kappa shape index (κ2) is 1.82. The van der Waals surface area contributed by atoms with E-state index < -0.39 is 0 Å². The molecule has 1 radical (unpaired) electrons. The molecule has 7 heavy (non-hydrogen) atoms. The van der Waals surface area contributed by atoms with Crippen molar-refractivity contribution in [3.63, 3.8) is 0 Å². The summed E-state index contributed by atoms with van der Waals surface area (Å²) < 4.78 is 0. The van der Waals surface area contributed by atoms with Gasteiger partial charge in [0.25, 0.3) is 0 Å². The molecule has 0 aliphatic carbocycles. The normalized spacial score (nSPS) is 27.3. The van der Waals surface area contributed by atoms with E-state index in [4.69, 9.17) is 0 Å². The van der Waals surface area contributed by atoms with E-state index in [2.05, 4.69) is 12.2 Å². The Morgan fingerprint density at radius 3 is 2.57 bits per heavy atom. The van der Waals surface area contributed by atoms with Crippen LogP contribution < -0.4 is 5.32 Å². The molecule has 0 bridgehead atoms. The van der Waals surface area contributed by atoms with Gasteiger partial charge in [-0.15, -0.1) is 0 Å². The highest BCUT2D eigenvalue weighted by Crippen LogP contribution is 1.89. The van der Waals surface area contributed by atoms with E-state index in [0.29, 0.717) is 0 Å². The Balaban J connectivity index is 2.49. The van der Waals surface area contributed by atoms with E-state index >= 15 is 0 Å². The van der Waals surface area contributed by atoms with Crippen molar-refractivity contribution in [2.24, 2.45) is 0 Å². The molecule has 1 N–H and O–H groups in total. The molecule has 1 aliphatic rings. The topological polar surface area (TPSA) is 12.0 Å². The third-order valence-corrected chi connectivity index (χ3v) is 0.861. The van der Waals surface area contributed by atoms with Crippen molar-refractivity contribution in [1.29, 1.82) is 0 Å². The first-order valence-corrected chi connectivity index (χ1v) is 2.32. The highest BCUT2D eigenvalue weighted by molar-refractivity contribution is 5.12. The summed E-state index contributed by atoms with van der Waals surface area (Å²) in [5, 5.41) is 3.00. The second-order valence-corrected chi connectivity index (χ2v) is 1.52. The van der Waals surface area contributed by atoms with E-state index in [0.717, 1.165) is 0 Å². The van der Waals surface area contributed by atoms with Crippen molar-refractivity contribution in [2.45, 2.75) is 6.04 Å². The van der Waals surface area contributed by atoms with Crippen LogP contribution in [0.2, 0.25) is 0 Å². The summed E-state index contributed by atoms with van der Waals surface area (Å²) in [6, 6.07) is 0.269. The van der Waals surface area contributed by atoms with Gasteiger partial charge in [0.1, 0.15) is 0 Å². The lowest BCUT2D eigenvalue weighted by molar-refractivity contribution is 0.826. The molecule has 0 aromatic heterocycles. The molecule has 1 unspecified atom stereocenters. The molecule has 1 nitrogen and oxygen atoms in total. The van der Waals surface area contributed by atoms with E-state index in [-0.39, 0.29) is 6.04 Å². The summed E-state index contributed by atoms with van der Waals surface area (Å²) in [5.74, 6) is 0. The fourth-order valence-electron chi connectivity index (χ4n) is 0.489. The average molecular weight is 94.1 g/mol. The summed E-state index contributed by atoms with van der Waals surface area (Å²) in [6.07, 6.45) is 7.81. The maximum absolute atomic E-state index is 3.75. The molecular formula is C6H8N. The summed E-state index contributed by atoms with van der Waals surface area (Å²) in [6.45, 7) is 3.75. The largest absolute Gasteiger partial charge is 0.385 e. The Morgan fingerprint density at radius 2 is 2.29 bits per heavy atom. The van der Waals surface area contributed by atoms with Crippen LogP contribution in [0, 0.1) is 6.92 Å². The van der Waals surface area contributed by atoms with Crippen LogP contribution >= 0.6 is 0 Å². The van der Waals surface area contributed by atoms with Crippen LogP contribution in [-0.4, -0.2) is 6.04 Å². The van der Waals surface area contributed by atoms with Gasteiger partial charge in [0.05, 0.1) is 0 Å². The summed E-state index contributed by atoms with van der Waals surface area (Å²) in [4.78, 5) is 0. The van der Waals surface area contributed by atoms with Crippen LogP contribution in [0.3, 0.4) is 0 Å². The lowest BCUT2D eigenvalue weighted by Gasteiger charge is -2.07. The number of rotatable bonds is 0. The maximum Gasteiger partial charge on any atom is 0.0442 e. The lowest BCUT2D eigenvalue weighted by atomic mass is 10.2. The van der Waals surface area contributed by atoms with Crippen LogP contribution in [0.5, 0.6) is 0 Å². The molecule has 0 amide bonds. The minimum absolute atomic E-state index is 0.269. The van der Waals surface area contributed by atoms with E-state index in [9.17, 15) is 0 Å². The van der Waals surface area contributed by atoms with Gasteiger partial charge < -0.3 is 5.32 Å². The number of hydrogen-bond donors (Lipinski definition) is 1. The number of hydrogen-bond acceptors (Lipinski definition) is 1. The summed E-state index contributed by atoms with van der Waals surface area (Å²) in [7, 11) is 0. The Bertz CT molecular complexity index is 103. The molecule has 0 spiro atoms. The molecule has 1 heteroatoms. The summed E-state index contributed by atoms with van der Waals surface area (Å²) in [5.41, 5.74) is 0. The number of nitrogens with one attached hydrogen (secondary N) is 1. The zero-order valence-corrected chi connectivity index (χ0v) is 4.09. The van der Waals surface area contributed by atoms with E-state index in [1.807, 2.05) is 24.4 Å². The molecular weight excluding hydrogens is 86.1 g/mol. The fraction of sp³-hybridized carbons (Fsp3) is 0.167. The van der Waals surface area contributed by atoms with Crippen LogP contribution in [0.25, 0.3) is 0 Å². The van der Waals surface area contributed by atoms with Gasteiger partial charge >= 0.3 is 0 Å². The molecule has 0 aromatic carbocycles. The Hall–Kier alpha value is -0.720. The first-order valence-electron chi connectivity index (χ1n) is 2.32. The highest BCUT2D eigenvalue weighted by Gasteiger charge is 1.90. The van der Waals surface area contributed by atoms with Gasteiger partial charge in [-0.05, 0) is 19.2 Å². The summed E-state index contributed by atoms with van der Waals surface area (Å²) >= 11 is 0. The van der Waals surface area contributed by atoms with Crippen molar-refractivity contribution in [3.05, 3.63) is 31.4 Å². The first kappa shape index (κ1) is 4.44. The smallest absolute Gasteiger partial charge is 0.0442 e. The van der Waals surface area contributed by atoms with Gasteiger partial charge in [-0.3, -0.25) is 0 Å². The fourth-order valence-corrected chi connectivity index (χ4v) is 0.489. The average Bonchev–Trinajstić information content (AvgIpc) is 1.69. The molecule has 0 aromatic rings. The third-order valence-electron chi connectivity index (χ3n) is 0.861. The third kappa shape index (κ3) is 1.07. The standard InChI is InChI=1S/C6H8N/c1-6-4-2-3-5-7-6/h2-7H,1H2. The predicted octanol–water partition coefficient (Wildman–Crippen LogP) is 0.862.